The van der Waals surface area contributed by atoms with Crippen molar-refractivity contribution < 1.29 is 4.74 Å². The zero-order valence-electron chi connectivity index (χ0n) is 6.42. The van der Waals surface area contributed by atoms with Gasteiger partial charge in [-0.2, -0.15) is 0 Å². The van der Waals surface area contributed by atoms with E-state index in [2.05, 4.69) is 13.2 Å². The molecular weight excluding hydrogens is 140 g/mol. The van der Waals surface area contributed by atoms with Crippen LogP contribution in [0.15, 0.2) is 37.3 Å². The van der Waals surface area contributed by atoms with E-state index in [0.717, 1.165) is 10.2 Å². The quantitative estimate of drug-likeness (QED) is 0.324. The molecule has 0 atom stereocenters. The highest BCUT2D eigenvalue weighted by Crippen LogP contribution is 1.98. The van der Waals surface area contributed by atoms with Gasteiger partial charge in [0.05, 0.1) is 12.9 Å². The lowest BCUT2D eigenvalue weighted by Gasteiger charge is -2.04. The molecule has 56 valence electrons. The van der Waals surface area contributed by atoms with Crippen LogP contribution in [0.25, 0.3) is 0 Å². The molecule has 0 aromatic carbocycles. The van der Waals surface area contributed by atoms with Gasteiger partial charge in [-0.05, 0) is 0 Å². The van der Waals surface area contributed by atoms with E-state index < -0.39 is 0 Å². The Kier molecular flexibility index (Phi) is 5.87. The van der Waals surface area contributed by atoms with Gasteiger partial charge in [0.1, 0.15) is 0 Å². The second kappa shape index (κ2) is 6.36. The average molecular weight is 154 g/mol. The normalized spacial score (nSPS) is 10.5. The molecule has 0 fully saturated rings. The molecule has 0 radical (unpaired) electrons. The van der Waals surface area contributed by atoms with E-state index in [1.807, 2.05) is 17.9 Å². The van der Waals surface area contributed by atoms with E-state index in [-0.39, 0.29) is 5.92 Å². The molecule has 0 aliphatic rings. The Morgan fingerprint density at radius 3 is 2.40 bits per heavy atom. The van der Waals surface area contributed by atoms with Crippen LogP contribution in [-0.2, 0) is 4.74 Å². The summed E-state index contributed by atoms with van der Waals surface area (Å²) in [5.74, 6) is 0.276. The van der Waals surface area contributed by atoms with E-state index in [0.29, 0.717) is 6.61 Å². The molecule has 0 saturated carbocycles. The first-order valence-corrected chi connectivity index (χ1v) is 4.48. The van der Waals surface area contributed by atoms with E-state index in [4.69, 9.17) is 4.74 Å². The summed E-state index contributed by atoms with van der Waals surface area (Å²) >= 11 is 0. The lowest BCUT2D eigenvalue weighted by molar-refractivity contribution is 0.233. The highest BCUT2D eigenvalue weighted by molar-refractivity contribution is 6.16. The smallest absolute Gasteiger partial charge is 0.0969 e. The van der Waals surface area contributed by atoms with Gasteiger partial charge in [0.2, 0.25) is 0 Å². The maximum atomic E-state index is 5.14. The van der Waals surface area contributed by atoms with Gasteiger partial charge in [-0.1, -0.05) is 17.9 Å². The summed E-state index contributed by atoms with van der Waals surface area (Å²) in [5, 5.41) is 0. The van der Waals surface area contributed by atoms with Crippen molar-refractivity contribution in [2.75, 3.05) is 6.61 Å². The number of hydrogen-bond acceptors (Lipinski definition) is 1. The molecule has 0 aliphatic carbocycles. The van der Waals surface area contributed by atoms with Gasteiger partial charge >= 0.3 is 0 Å². The van der Waals surface area contributed by atoms with E-state index in [1.54, 1.807) is 6.26 Å². The van der Waals surface area contributed by atoms with Crippen LogP contribution in [0.5, 0.6) is 0 Å². The van der Waals surface area contributed by atoms with Crippen molar-refractivity contribution in [3.63, 3.8) is 0 Å². The lowest BCUT2D eigenvalue weighted by atomic mass is 10.2. The van der Waals surface area contributed by atoms with Gasteiger partial charge in [-0.25, -0.2) is 0 Å². The zero-order valence-corrected chi connectivity index (χ0v) is 8.42. The molecule has 1 nitrogen and oxygen atoms in total. The summed E-state index contributed by atoms with van der Waals surface area (Å²) in [6, 6.07) is 0. The van der Waals surface area contributed by atoms with Gasteiger partial charge in [0, 0.05) is 16.2 Å². The van der Waals surface area contributed by atoms with Gasteiger partial charge in [-0.15, -0.1) is 13.2 Å². The predicted octanol–water partition coefficient (Wildman–Crippen LogP) is 0.828. The van der Waals surface area contributed by atoms with E-state index in [9.17, 15) is 0 Å². The number of rotatable bonds is 5. The molecule has 0 aromatic rings. The Hall–Kier alpha value is -0.763. The molecule has 0 spiro atoms. The van der Waals surface area contributed by atoms with Crippen LogP contribution < -0.4 is 0 Å². The Morgan fingerprint density at radius 2 is 2.00 bits per heavy atom. The molecule has 0 aliphatic heterocycles. The Morgan fingerprint density at radius 1 is 1.40 bits per heavy atom. The number of hydrogen-bond donors (Lipinski definition) is 0. The average Bonchev–Trinajstić information content (AvgIpc) is 1.99. The van der Waals surface area contributed by atoms with Gasteiger partial charge < -0.3 is 4.74 Å². The first kappa shape index (κ1) is 9.24. The van der Waals surface area contributed by atoms with Gasteiger partial charge in [-0.3, -0.25) is 0 Å². The fourth-order valence-electron chi connectivity index (χ4n) is 0.495. The standard InChI is InChI=1S/C8H14OSi/c1-3-8(4-2)7-9-5-6-10/h3-6,8H,1-2,7H2,10H3. The van der Waals surface area contributed by atoms with Crippen LogP contribution in [0.2, 0.25) is 0 Å². The topological polar surface area (TPSA) is 9.23 Å². The van der Waals surface area contributed by atoms with Crippen molar-refractivity contribution >= 4 is 10.2 Å². The highest BCUT2D eigenvalue weighted by Gasteiger charge is 1.94. The highest BCUT2D eigenvalue weighted by atomic mass is 28.1. The van der Waals surface area contributed by atoms with Gasteiger partial charge in [0.25, 0.3) is 0 Å². The molecule has 0 amide bonds. The summed E-state index contributed by atoms with van der Waals surface area (Å²) in [5.41, 5.74) is 1.99. The second-order valence-electron chi connectivity index (χ2n) is 1.94. The molecule has 0 aromatic heterocycles. The van der Waals surface area contributed by atoms with Crippen LogP contribution in [0, 0.1) is 5.92 Å². The fraction of sp³-hybridized carbons (Fsp3) is 0.250. The number of ether oxygens (including phenoxy) is 1. The Balaban J connectivity index is 3.44. The second-order valence-corrected chi connectivity index (χ2v) is 2.60. The summed E-state index contributed by atoms with van der Waals surface area (Å²) in [6.07, 6.45) is 5.38. The van der Waals surface area contributed by atoms with Crippen molar-refractivity contribution in [2.45, 2.75) is 0 Å². The van der Waals surface area contributed by atoms with Crippen molar-refractivity contribution in [1.29, 1.82) is 0 Å². The molecule has 10 heavy (non-hydrogen) atoms. The van der Waals surface area contributed by atoms with Crippen LogP contribution in [0.4, 0.5) is 0 Å². The van der Waals surface area contributed by atoms with E-state index in [1.165, 1.54) is 0 Å². The van der Waals surface area contributed by atoms with Crippen molar-refractivity contribution in [3.8, 4) is 0 Å². The first-order chi connectivity index (χ1) is 4.85. The largest absolute Gasteiger partial charge is 0.501 e. The lowest BCUT2D eigenvalue weighted by Crippen LogP contribution is -1.99. The molecule has 0 bridgehead atoms. The van der Waals surface area contributed by atoms with E-state index >= 15 is 0 Å². The minimum atomic E-state index is 0.276. The summed E-state index contributed by atoms with van der Waals surface area (Å²) < 4.78 is 5.14. The fourth-order valence-corrected chi connectivity index (χ4v) is 0.688. The molecule has 0 N–H and O–H groups in total. The van der Waals surface area contributed by atoms with Crippen molar-refractivity contribution in [2.24, 2.45) is 5.92 Å². The first-order valence-electron chi connectivity index (χ1n) is 3.33. The maximum Gasteiger partial charge on any atom is 0.0969 e. The summed E-state index contributed by atoms with van der Waals surface area (Å²) in [4.78, 5) is 0. The van der Waals surface area contributed by atoms with Crippen LogP contribution in [0.3, 0.4) is 0 Å². The minimum Gasteiger partial charge on any atom is -0.501 e. The molecule has 0 rings (SSSR count). The summed E-state index contributed by atoms with van der Waals surface area (Å²) in [6.45, 7) is 7.95. The maximum absolute atomic E-state index is 5.14. The Labute approximate surface area is 65.5 Å². The molecular formula is C8H14OSi. The Bertz CT molecular complexity index is 121. The predicted molar refractivity (Wildman–Crippen MR) is 48.9 cm³/mol. The minimum absolute atomic E-state index is 0.276. The molecule has 0 saturated heterocycles. The van der Waals surface area contributed by atoms with Crippen molar-refractivity contribution in [1.82, 2.24) is 0 Å². The molecule has 2 heteroatoms. The van der Waals surface area contributed by atoms with Crippen LogP contribution >= 0.6 is 0 Å². The zero-order chi connectivity index (χ0) is 7.82. The van der Waals surface area contributed by atoms with Crippen LogP contribution in [-0.4, -0.2) is 16.8 Å². The third-order valence-electron chi connectivity index (χ3n) is 1.13. The monoisotopic (exact) mass is 154 g/mol. The van der Waals surface area contributed by atoms with Crippen LogP contribution in [0.1, 0.15) is 0 Å². The third kappa shape index (κ3) is 4.15. The SMILES string of the molecule is C=CC(C=C)COC=C[SiH3]. The van der Waals surface area contributed by atoms with Gasteiger partial charge in [0.15, 0.2) is 0 Å². The third-order valence-corrected chi connectivity index (χ3v) is 1.40. The molecule has 0 unspecified atom stereocenters. The van der Waals surface area contributed by atoms with Crippen molar-refractivity contribution in [3.05, 3.63) is 37.3 Å². The summed E-state index contributed by atoms with van der Waals surface area (Å²) in [7, 11) is 1.04. The molecule has 0 heterocycles.